The van der Waals surface area contributed by atoms with Crippen molar-refractivity contribution in [3.63, 3.8) is 0 Å². The molecular weight excluding hydrogens is 328 g/mol. The molecule has 0 aliphatic heterocycles. The van der Waals surface area contributed by atoms with Gasteiger partial charge in [-0.05, 0) is 31.2 Å². The summed E-state index contributed by atoms with van der Waals surface area (Å²) in [5.41, 5.74) is -0.144. The molecule has 1 heterocycles. The number of rotatable bonds is 3. The van der Waals surface area contributed by atoms with Crippen molar-refractivity contribution in [3.05, 3.63) is 40.1 Å². The molecule has 0 saturated carbocycles. The van der Waals surface area contributed by atoms with Crippen molar-refractivity contribution < 1.29 is 29.2 Å². The molecule has 7 heteroatoms. The molecule has 2 aromatic carbocycles. The quantitative estimate of drug-likeness (QED) is 0.670. The van der Waals surface area contributed by atoms with E-state index < -0.39 is 11.2 Å². The Bertz CT molecular complexity index is 1020. The van der Waals surface area contributed by atoms with Crippen LogP contribution in [0.1, 0.15) is 5.56 Å². The van der Waals surface area contributed by atoms with Crippen molar-refractivity contribution in [3.8, 4) is 40.1 Å². The van der Waals surface area contributed by atoms with Gasteiger partial charge in [-0.2, -0.15) is 0 Å². The Kier molecular flexibility index (Phi) is 3.92. The maximum absolute atomic E-state index is 12.8. The molecule has 0 amide bonds. The fourth-order valence-corrected chi connectivity index (χ4v) is 2.65. The van der Waals surface area contributed by atoms with Gasteiger partial charge in [-0.25, -0.2) is 0 Å². The molecule has 3 aromatic rings. The second-order valence-electron chi connectivity index (χ2n) is 5.40. The molecule has 0 atom stereocenters. The van der Waals surface area contributed by atoms with Crippen LogP contribution in [0.3, 0.4) is 0 Å². The first-order valence-corrected chi connectivity index (χ1v) is 7.33. The first kappa shape index (κ1) is 16.5. The highest BCUT2D eigenvalue weighted by Crippen LogP contribution is 2.45. The number of aromatic hydroxyl groups is 3. The third kappa shape index (κ3) is 2.40. The standard InChI is InChI=1S/C18H16O7/c1-8-12(20)11-14(22)18(24-3)15(9-4-6-10(19)7-5-9)25-16(11)17(23-2)13(8)21/h4-7,19-21H,1-3H3. The Morgan fingerprint density at radius 3 is 2.08 bits per heavy atom. The zero-order valence-electron chi connectivity index (χ0n) is 13.8. The summed E-state index contributed by atoms with van der Waals surface area (Å²) in [6, 6.07) is 5.95. The summed E-state index contributed by atoms with van der Waals surface area (Å²) in [6.45, 7) is 1.45. The fraction of sp³-hybridized carbons (Fsp3) is 0.167. The van der Waals surface area contributed by atoms with Crippen LogP contribution in [0, 0.1) is 6.92 Å². The van der Waals surface area contributed by atoms with E-state index in [-0.39, 0.29) is 45.3 Å². The van der Waals surface area contributed by atoms with Crippen molar-refractivity contribution in [2.45, 2.75) is 6.92 Å². The summed E-state index contributed by atoms with van der Waals surface area (Å²) in [6.07, 6.45) is 0. The second-order valence-corrected chi connectivity index (χ2v) is 5.40. The highest BCUT2D eigenvalue weighted by molar-refractivity contribution is 5.94. The number of hydrogen-bond acceptors (Lipinski definition) is 7. The third-order valence-corrected chi connectivity index (χ3v) is 3.98. The third-order valence-electron chi connectivity index (χ3n) is 3.98. The van der Waals surface area contributed by atoms with Gasteiger partial charge in [-0.15, -0.1) is 0 Å². The first-order chi connectivity index (χ1) is 11.9. The minimum atomic E-state index is -0.606. The summed E-state index contributed by atoms with van der Waals surface area (Å²) in [4.78, 5) is 12.8. The van der Waals surface area contributed by atoms with Gasteiger partial charge in [0.05, 0.1) is 14.2 Å². The van der Waals surface area contributed by atoms with E-state index in [1.807, 2.05) is 0 Å². The largest absolute Gasteiger partial charge is 0.508 e. The Hall–Kier alpha value is -3.35. The van der Waals surface area contributed by atoms with E-state index >= 15 is 0 Å². The summed E-state index contributed by atoms with van der Waals surface area (Å²) < 4.78 is 16.1. The van der Waals surface area contributed by atoms with E-state index in [4.69, 9.17) is 13.9 Å². The number of methoxy groups -OCH3 is 2. The number of phenolic OH excluding ortho intramolecular Hbond substituents is 3. The van der Waals surface area contributed by atoms with Crippen molar-refractivity contribution >= 4 is 11.0 Å². The first-order valence-electron chi connectivity index (χ1n) is 7.33. The van der Waals surface area contributed by atoms with Gasteiger partial charge < -0.3 is 29.2 Å². The maximum atomic E-state index is 12.8. The summed E-state index contributed by atoms with van der Waals surface area (Å²) >= 11 is 0. The molecule has 1 aromatic heterocycles. The number of benzene rings is 2. The van der Waals surface area contributed by atoms with Crippen molar-refractivity contribution in [2.75, 3.05) is 14.2 Å². The molecule has 3 rings (SSSR count). The molecule has 25 heavy (non-hydrogen) atoms. The van der Waals surface area contributed by atoms with Crippen molar-refractivity contribution in [2.24, 2.45) is 0 Å². The Balaban J connectivity index is 2.50. The molecule has 0 aliphatic rings. The second kappa shape index (κ2) is 5.94. The highest BCUT2D eigenvalue weighted by Gasteiger charge is 2.26. The van der Waals surface area contributed by atoms with Crippen LogP contribution in [0.25, 0.3) is 22.3 Å². The van der Waals surface area contributed by atoms with Crippen molar-refractivity contribution in [1.29, 1.82) is 0 Å². The molecule has 3 N–H and O–H groups in total. The van der Waals surface area contributed by atoms with Crippen LogP contribution in [-0.4, -0.2) is 29.5 Å². The molecule has 0 bridgehead atoms. The molecule has 0 spiro atoms. The van der Waals surface area contributed by atoms with Gasteiger partial charge in [0.25, 0.3) is 0 Å². The number of ether oxygens (including phenoxy) is 2. The Labute approximate surface area is 142 Å². The lowest BCUT2D eigenvalue weighted by Crippen LogP contribution is -2.09. The van der Waals surface area contributed by atoms with Gasteiger partial charge >= 0.3 is 0 Å². The lowest BCUT2D eigenvalue weighted by Gasteiger charge is -2.14. The fourth-order valence-electron chi connectivity index (χ4n) is 2.65. The monoisotopic (exact) mass is 344 g/mol. The average molecular weight is 344 g/mol. The molecule has 0 unspecified atom stereocenters. The number of fused-ring (bicyclic) bond motifs is 1. The van der Waals surface area contributed by atoms with Crippen LogP contribution in [0.2, 0.25) is 0 Å². The molecule has 130 valence electrons. The van der Waals surface area contributed by atoms with E-state index in [9.17, 15) is 20.1 Å². The zero-order valence-corrected chi connectivity index (χ0v) is 13.8. The number of phenols is 3. The van der Waals surface area contributed by atoms with Gasteiger partial charge in [0, 0.05) is 11.1 Å². The topological polar surface area (TPSA) is 109 Å². The normalized spacial score (nSPS) is 10.8. The summed E-state index contributed by atoms with van der Waals surface area (Å²) in [5.74, 6) is -0.768. The van der Waals surface area contributed by atoms with Crippen LogP contribution < -0.4 is 14.9 Å². The van der Waals surface area contributed by atoms with E-state index in [1.165, 1.54) is 33.3 Å². The highest BCUT2D eigenvalue weighted by atomic mass is 16.5. The van der Waals surface area contributed by atoms with Crippen LogP contribution in [0.5, 0.6) is 28.7 Å². The number of hydrogen-bond donors (Lipinski definition) is 3. The van der Waals surface area contributed by atoms with Gasteiger partial charge in [0.15, 0.2) is 17.1 Å². The SMILES string of the molecule is COc1c(-c2ccc(O)cc2)oc2c(OC)c(O)c(C)c(O)c2c1=O. The average Bonchev–Trinajstić information content (AvgIpc) is 2.60. The zero-order chi connectivity index (χ0) is 18.3. The lowest BCUT2D eigenvalue weighted by molar-refractivity contribution is 0.361. The summed E-state index contributed by atoms with van der Waals surface area (Å²) in [7, 11) is 2.62. The van der Waals surface area contributed by atoms with Gasteiger partial charge in [-0.3, -0.25) is 4.79 Å². The minimum Gasteiger partial charge on any atom is -0.508 e. The molecule has 7 nitrogen and oxygen atoms in total. The predicted octanol–water partition coefficient (Wildman–Crippen LogP) is 2.90. The van der Waals surface area contributed by atoms with Gasteiger partial charge in [0.2, 0.25) is 16.9 Å². The van der Waals surface area contributed by atoms with E-state index in [0.717, 1.165) is 0 Å². The molecule has 0 aliphatic carbocycles. The van der Waals surface area contributed by atoms with Crippen molar-refractivity contribution in [1.82, 2.24) is 0 Å². The van der Waals surface area contributed by atoms with Gasteiger partial charge in [-0.1, -0.05) is 0 Å². The molecule has 0 fully saturated rings. The van der Waals surface area contributed by atoms with Crippen LogP contribution in [-0.2, 0) is 0 Å². The smallest absolute Gasteiger partial charge is 0.239 e. The summed E-state index contributed by atoms with van der Waals surface area (Å²) in [5, 5.41) is 29.8. The minimum absolute atomic E-state index is 0.0503. The van der Waals surface area contributed by atoms with E-state index in [1.54, 1.807) is 12.1 Å². The maximum Gasteiger partial charge on any atom is 0.239 e. The van der Waals surface area contributed by atoms with Gasteiger partial charge in [0.1, 0.15) is 16.9 Å². The molecule has 0 saturated heterocycles. The Morgan fingerprint density at radius 1 is 0.920 bits per heavy atom. The van der Waals surface area contributed by atoms with Crippen LogP contribution in [0.15, 0.2) is 33.5 Å². The van der Waals surface area contributed by atoms with Crippen LogP contribution in [0.4, 0.5) is 0 Å². The lowest BCUT2D eigenvalue weighted by atomic mass is 10.1. The molecule has 0 radical (unpaired) electrons. The van der Waals surface area contributed by atoms with E-state index in [0.29, 0.717) is 5.56 Å². The molecular formula is C18H16O7. The van der Waals surface area contributed by atoms with E-state index in [2.05, 4.69) is 0 Å². The Morgan fingerprint density at radius 2 is 1.52 bits per heavy atom. The van der Waals surface area contributed by atoms with Crippen LogP contribution >= 0.6 is 0 Å². The predicted molar refractivity (Wildman–Crippen MR) is 90.8 cm³/mol.